The van der Waals surface area contributed by atoms with E-state index in [2.05, 4.69) is 15.0 Å². The van der Waals surface area contributed by atoms with E-state index in [1.807, 2.05) is 17.2 Å². The number of halogens is 1. The van der Waals surface area contributed by atoms with Crippen molar-refractivity contribution in [2.45, 2.75) is 23.9 Å². The molecule has 0 spiro atoms. The van der Waals surface area contributed by atoms with Crippen molar-refractivity contribution in [2.24, 2.45) is 0 Å². The Kier molecular flexibility index (Phi) is 4.17. The summed E-state index contributed by atoms with van der Waals surface area (Å²) in [6.45, 7) is 0.678. The van der Waals surface area contributed by atoms with Gasteiger partial charge >= 0.3 is 0 Å². The predicted molar refractivity (Wildman–Crippen MR) is 95.1 cm³/mol. The van der Waals surface area contributed by atoms with Crippen LogP contribution in [0.15, 0.2) is 41.6 Å². The molecule has 0 aliphatic carbocycles. The fourth-order valence-corrected chi connectivity index (χ4v) is 3.87. The molecule has 1 N–H and O–H groups in total. The molecule has 1 saturated heterocycles. The van der Waals surface area contributed by atoms with Crippen molar-refractivity contribution in [2.75, 3.05) is 12.8 Å². The second-order valence-electron chi connectivity index (χ2n) is 6.00. The van der Waals surface area contributed by atoms with E-state index in [4.69, 9.17) is 0 Å². The molecule has 0 radical (unpaired) electrons. The van der Waals surface area contributed by atoms with Crippen LogP contribution in [0.1, 0.15) is 35.1 Å². The maximum absolute atomic E-state index is 13.4. The van der Waals surface area contributed by atoms with Crippen molar-refractivity contribution in [1.29, 1.82) is 0 Å². The van der Waals surface area contributed by atoms with Crippen molar-refractivity contribution in [1.82, 2.24) is 19.9 Å². The number of pyridine rings is 1. The SMILES string of the molecule is CSc1ncccc1C(=O)N1CCC[C@@H]1c1nc2ccc(F)cc2[nH]1. The third-order valence-electron chi connectivity index (χ3n) is 4.49. The number of H-pyrrole nitrogens is 1. The zero-order valence-electron chi connectivity index (χ0n) is 13.7. The number of nitrogens with one attached hydrogen (secondary N) is 1. The fourth-order valence-electron chi connectivity index (χ4n) is 3.32. The Hall–Kier alpha value is -2.41. The molecule has 0 saturated carbocycles. The molecule has 25 heavy (non-hydrogen) atoms. The number of likely N-dealkylation sites (tertiary alicyclic amines) is 1. The van der Waals surface area contributed by atoms with Crippen molar-refractivity contribution in [3.63, 3.8) is 0 Å². The van der Waals surface area contributed by atoms with Gasteiger partial charge in [0.25, 0.3) is 5.91 Å². The van der Waals surface area contributed by atoms with Crippen LogP contribution in [0.4, 0.5) is 4.39 Å². The number of amides is 1. The minimum absolute atomic E-state index is 0.0356. The van der Waals surface area contributed by atoms with Crippen molar-refractivity contribution < 1.29 is 9.18 Å². The molecule has 3 aromatic rings. The fraction of sp³-hybridized carbons (Fsp3) is 0.278. The number of rotatable bonds is 3. The lowest BCUT2D eigenvalue weighted by Crippen LogP contribution is -2.31. The van der Waals surface area contributed by atoms with E-state index in [0.717, 1.165) is 17.9 Å². The van der Waals surface area contributed by atoms with Crippen LogP contribution in [-0.2, 0) is 0 Å². The number of fused-ring (bicyclic) bond motifs is 1. The van der Waals surface area contributed by atoms with Crippen LogP contribution in [0.3, 0.4) is 0 Å². The molecule has 1 fully saturated rings. The maximum Gasteiger partial charge on any atom is 0.257 e. The summed E-state index contributed by atoms with van der Waals surface area (Å²) < 4.78 is 13.4. The van der Waals surface area contributed by atoms with Crippen molar-refractivity contribution >= 4 is 28.7 Å². The molecule has 2 aromatic heterocycles. The summed E-state index contributed by atoms with van der Waals surface area (Å²) in [5.41, 5.74) is 1.98. The van der Waals surface area contributed by atoms with Gasteiger partial charge in [-0.15, -0.1) is 11.8 Å². The van der Waals surface area contributed by atoms with E-state index >= 15 is 0 Å². The number of aromatic nitrogens is 3. The number of hydrogen-bond acceptors (Lipinski definition) is 4. The van der Waals surface area contributed by atoms with E-state index in [1.165, 1.54) is 23.9 Å². The average molecular weight is 356 g/mol. The van der Waals surface area contributed by atoms with E-state index in [0.29, 0.717) is 29.0 Å². The lowest BCUT2D eigenvalue weighted by Gasteiger charge is -2.23. The lowest BCUT2D eigenvalue weighted by molar-refractivity contribution is 0.0726. The molecule has 7 heteroatoms. The quantitative estimate of drug-likeness (QED) is 0.725. The van der Waals surface area contributed by atoms with Gasteiger partial charge in [-0.25, -0.2) is 14.4 Å². The number of benzene rings is 1. The topological polar surface area (TPSA) is 61.9 Å². The number of nitrogens with zero attached hydrogens (tertiary/aromatic N) is 3. The van der Waals surface area contributed by atoms with Crippen LogP contribution >= 0.6 is 11.8 Å². The molecule has 1 atom stereocenters. The number of imidazole rings is 1. The van der Waals surface area contributed by atoms with Crippen LogP contribution < -0.4 is 0 Å². The minimum atomic E-state index is -0.304. The first-order valence-electron chi connectivity index (χ1n) is 8.12. The summed E-state index contributed by atoms with van der Waals surface area (Å²) in [6.07, 6.45) is 5.35. The molecule has 1 aromatic carbocycles. The monoisotopic (exact) mass is 356 g/mol. The first kappa shape index (κ1) is 16.1. The van der Waals surface area contributed by atoms with E-state index in [1.54, 1.807) is 18.3 Å². The zero-order valence-corrected chi connectivity index (χ0v) is 14.5. The van der Waals surface area contributed by atoms with Gasteiger partial charge in [-0.1, -0.05) is 0 Å². The number of carbonyl (C=O) groups is 1. The van der Waals surface area contributed by atoms with Gasteiger partial charge in [0, 0.05) is 12.7 Å². The summed E-state index contributed by atoms with van der Waals surface area (Å²) in [5.74, 6) is 0.370. The zero-order chi connectivity index (χ0) is 17.4. The van der Waals surface area contributed by atoms with Gasteiger partial charge in [0.15, 0.2) is 0 Å². The molecule has 0 bridgehead atoms. The first-order chi connectivity index (χ1) is 12.2. The largest absolute Gasteiger partial charge is 0.340 e. The van der Waals surface area contributed by atoms with Gasteiger partial charge in [-0.05, 0) is 49.4 Å². The van der Waals surface area contributed by atoms with Crippen LogP contribution in [0.5, 0.6) is 0 Å². The molecule has 1 aliphatic heterocycles. The van der Waals surface area contributed by atoms with Gasteiger partial charge in [0.2, 0.25) is 0 Å². The minimum Gasteiger partial charge on any atom is -0.340 e. The Morgan fingerprint density at radius 3 is 3.12 bits per heavy atom. The highest BCUT2D eigenvalue weighted by molar-refractivity contribution is 7.98. The maximum atomic E-state index is 13.4. The van der Waals surface area contributed by atoms with Gasteiger partial charge in [0.1, 0.15) is 16.7 Å². The smallest absolute Gasteiger partial charge is 0.257 e. The van der Waals surface area contributed by atoms with Crippen molar-refractivity contribution in [3.05, 3.63) is 53.7 Å². The van der Waals surface area contributed by atoms with E-state index in [9.17, 15) is 9.18 Å². The molecule has 3 heterocycles. The summed E-state index contributed by atoms with van der Waals surface area (Å²) in [4.78, 5) is 26.9. The third-order valence-corrected chi connectivity index (χ3v) is 5.20. The molecular weight excluding hydrogens is 339 g/mol. The highest BCUT2D eigenvalue weighted by Crippen LogP contribution is 2.33. The molecule has 5 nitrogen and oxygen atoms in total. The van der Waals surface area contributed by atoms with Gasteiger partial charge in [-0.2, -0.15) is 0 Å². The summed E-state index contributed by atoms with van der Waals surface area (Å²) >= 11 is 1.46. The standard InChI is InChI=1S/C18H17FN4OS/c1-25-17-12(4-2-8-20-17)18(24)23-9-3-5-15(23)16-21-13-7-6-11(19)10-14(13)22-16/h2,4,6-8,10,15H,3,5,9H2,1H3,(H,21,22)/t15-/m1/s1. The number of aromatic amines is 1. The van der Waals surface area contributed by atoms with Crippen LogP contribution in [0.25, 0.3) is 11.0 Å². The Balaban J connectivity index is 1.68. The summed E-state index contributed by atoms with van der Waals surface area (Å²) in [5, 5.41) is 0.727. The van der Waals surface area contributed by atoms with Crippen LogP contribution in [0.2, 0.25) is 0 Å². The Bertz CT molecular complexity index is 942. The average Bonchev–Trinajstić information content (AvgIpc) is 3.27. The predicted octanol–water partition coefficient (Wildman–Crippen LogP) is 3.80. The van der Waals surface area contributed by atoms with Crippen LogP contribution in [0, 0.1) is 5.82 Å². The van der Waals surface area contributed by atoms with Gasteiger partial charge in [-0.3, -0.25) is 4.79 Å². The molecule has 128 valence electrons. The second kappa shape index (κ2) is 6.48. The van der Waals surface area contributed by atoms with Gasteiger partial charge in [0.05, 0.1) is 22.6 Å². The summed E-state index contributed by atoms with van der Waals surface area (Å²) in [7, 11) is 0. The molecule has 4 rings (SSSR count). The second-order valence-corrected chi connectivity index (χ2v) is 6.80. The number of thioether (sulfide) groups is 1. The Morgan fingerprint density at radius 1 is 1.40 bits per heavy atom. The highest BCUT2D eigenvalue weighted by atomic mass is 32.2. The normalized spacial score (nSPS) is 17.4. The van der Waals surface area contributed by atoms with E-state index in [-0.39, 0.29) is 17.8 Å². The lowest BCUT2D eigenvalue weighted by atomic mass is 10.2. The van der Waals surface area contributed by atoms with E-state index < -0.39 is 0 Å². The first-order valence-corrected chi connectivity index (χ1v) is 9.35. The third kappa shape index (κ3) is 2.89. The Morgan fingerprint density at radius 2 is 2.28 bits per heavy atom. The molecular formula is C18H17FN4OS. The Labute approximate surface area is 148 Å². The summed E-state index contributed by atoms with van der Waals surface area (Å²) in [6, 6.07) is 7.94. The van der Waals surface area contributed by atoms with Crippen LogP contribution in [-0.4, -0.2) is 38.6 Å². The number of carbonyl (C=O) groups excluding carboxylic acids is 1. The van der Waals surface area contributed by atoms with Gasteiger partial charge < -0.3 is 9.88 Å². The molecule has 1 amide bonds. The molecule has 0 unspecified atom stereocenters. The highest BCUT2D eigenvalue weighted by Gasteiger charge is 2.33. The van der Waals surface area contributed by atoms with Crippen molar-refractivity contribution in [3.8, 4) is 0 Å². The molecule has 1 aliphatic rings. The number of hydrogen-bond donors (Lipinski definition) is 1.